The van der Waals surface area contributed by atoms with E-state index in [1.54, 1.807) is 0 Å². The van der Waals surface area contributed by atoms with E-state index in [9.17, 15) is 9.90 Å². The number of benzene rings is 1. The lowest BCUT2D eigenvalue weighted by Gasteiger charge is -2.03. The highest BCUT2D eigenvalue weighted by molar-refractivity contribution is 7.13. The molecule has 0 aliphatic rings. The monoisotopic (exact) mass is 289 g/mol. The van der Waals surface area contributed by atoms with Crippen molar-refractivity contribution in [2.45, 2.75) is 33.6 Å². The zero-order valence-electron chi connectivity index (χ0n) is 12.0. The van der Waals surface area contributed by atoms with Gasteiger partial charge in [0.2, 0.25) is 0 Å². The van der Waals surface area contributed by atoms with Gasteiger partial charge in [-0.15, -0.1) is 11.3 Å². The fourth-order valence-corrected chi connectivity index (χ4v) is 3.09. The molecule has 0 aliphatic heterocycles. The lowest BCUT2D eigenvalue weighted by molar-refractivity contribution is 0.0700. The van der Waals surface area contributed by atoms with Crippen molar-refractivity contribution in [2.24, 2.45) is 5.92 Å². The summed E-state index contributed by atoms with van der Waals surface area (Å²) in [7, 11) is 0. The molecule has 1 N–H and O–H groups in total. The van der Waals surface area contributed by atoms with Crippen molar-refractivity contribution < 1.29 is 9.90 Å². The van der Waals surface area contributed by atoms with Crippen LogP contribution in [-0.4, -0.2) is 16.1 Å². The Hall–Kier alpha value is -1.68. The molecule has 1 aromatic carbocycles. The van der Waals surface area contributed by atoms with Gasteiger partial charge in [0.15, 0.2) is 0 Å². The van der Waals surface area contributed by atoms with Gasteiger partial charge in [-0.1, -0.05) is 38.1 Å². The van der Waals surface area contributed by atoms with Crippen molar-refractivity contribution in [1.82, 2.24) is 4.98 Å². The normalized spacial score (nSPS) is 11.0. The first-order valence-electron chi connectivity index (χ1n) is 6.73. The summed E-state index contributed by atoms with van der Waals surface area (Å²) < 4.78 is 0. The molecule has 0 spiro atoms. The van der Waals surface area contributed by atoms with E-state index >= 15 is 0 Å². The number of aryl methyl sites for hydroxylation is 1. The van der Waals surface area contributed by atoms with E-state index in [-0.39, 0.29) is 0 Å². The van der Waals surface area contributed by atoms with Crippen molar-refractivity contribution in [3.05, 3.63) is 51.0 Å². The fourth-order valence-electron chi connectivity index (χ4n) is 2.14. The molecule has 0 radical (unpaired) electrons. The summed E-state index contributed by atoms with van der Waals surface area (Å²) >= 11 is 1.30. The molecule has 0 saturated heterocycles. The Morgan fingerprint density at radius 3 is 2.65 bits per heavy atom. The van der Waals surface area contributed by atoms with Crippen LogP contribution in [0.25, 0.3) is 0 Å². The number of rotatable bonds is 5. The van der Waals surface area contributed by atoms with Gasteiger partial charge in [-0.25, -0.2) is 9.78 Å². The second-order valence-corrected chi connectivity index (χ2v) is 6.47. The Bertz CT molecular complexity index is 617. The van der Waals surface area contributed by atoms with Crippen LogP contribution in [0.1, 0.15) is 45.3 Å². The number of hydrogen-bond acceptors (Lipinski definition) is 3. The summed E-state index contributed by atoms with van der Waals surface area (Å²) in [4.78, 5) is 16.2. The molecule has 20 heavy (non-hydrogen) atoms. The summed E-state index contributed by atoms with van der Waals surface area (Å²) in [5.41, 5.74) is 3.14. The minimum atomic E-state index is -0.866. The van der Waals surface area contributed by atoms with Gasteiger partial charge in [-0.05, 0) is 30.4 Å². The SMILES string of the molecule is Cc1ccccc1Cc1nc(CC(C)C)c(C(=O)O)s1. The van der Waals surface area contributed by atoms with Crippen LogP contribution in [0, 0.1) is 12.8 Å². The number of nitrogens with zero attached hydrogens (tertiary/aromatic N) is 1. The first kappa shape index (κ1) is 14.7. The van der Waals surface area contributed by atoms with E-state index < -0.39 is 5.97 Å². The highest BCUT2D eigenvalue weighted by Gasteiger charge is 2.18. The maximum absolute atomic E-state index is 11.3. The Labute approximate surface area is 123 Å². The van der Waals surface area contributed by atoms with Crippen LogP contribution in [0.4, 0.5) is 0 Å². The molecule has 2 rings (SSSR count). The number of carbonyl (C=O) groups is 1. The maximum atomic E-state index is 11.3. The fraction of sp³-hybridized carbons (Fsp3) is 0.375. The Balaban J connectivity index is 2.29. The van der Waals surface area contributed by atoms with Crippen LogP contribution in [0.15, 0.2) is 24.3 Å². The minimum absolute atomic E-state index is 0.391. The highest BCUT2D eigenvalue weighted by Crippen LogP contribution is 2.24. The lowest BCUT2D eigenvalue weighted by atomic mass is 10.1. The number of thiazole rings is 1. The largest absolute Gasteiger partial charge is 0.477 e. The van der Waals surface area contributed by atoms with E-state index in [0.29, 0.717) is 23.6 Å². The van der Waals surface area contributed by atoms with Gasteiger partial charge in [-0.2, -0.15) is 0 Å². The van der Waals surface area contributed by atoms with Gasteiger partial charge in [-0.3, -0.25) is 0 Å². The highest BCUT2D eigenvalue weighted by atomic mass is 32.1. The third kappa shape index (κ3) is 3.45. The predicted molar refractivity (Wildman–Crippen MR) is 81.6 cm³/mol. The van der Waals surface area contributed by atoms with Gasteiger partial charge >= 0.3 is 5.97 Å². The third-order valence-corrected chi connectivity index (χ3v) is 4.23. The number of hydrogen-bond donors (Lipinski definition) is 1. The van der Waals surface area contributed by atoms with Gasteiger partial charge in [0.1, 0.15) is 4.88 Å². The van der Waals surface area contributed by atoms with E-state index in [0.717, 1.165) is 10.7 Å². The predicted octanol–water partition coefficient (Wildman–Crippen LogP) is 3.94. The summed E-state index contributed by atoms with van der Waals surface area (Å²) in [6, 6.07) is 8.14. The molecule has 0 atom stereocenters. The molecule has 2 aromatic rings. The van der Waals surface area contributed by atoms with E-state index in [1.807, 2.05) is 12.1 Å². The molecular formula is C16H19NO2S. The molecule has 4 heteroatoms. The Morgan fingerprint density at radius 1 is 1.35 bits per heavy atom. The van der Waals surface area contributed by atoms with Crippen molar-refractivity contribution in [1.29, 1.82) is 0 Å². The number of carboxylic acid groups (broad SMARTS) is 1. The average molecular weight is 289 g/mol. The Kier molecular flexibility index (Phi) is 4.55. The quantitative estimate of drug-likeness (QED) is 0.907. The van der Waals surface area contributed by atoms with Crippen LogP contribution in [-0.2, 0) is 12.8 Å². The van der Waals surface area contributed by atoms with E-state index in [2.05, 4.69) is 37.9 Å². The summed E-state index contributed by atoms with van der Waals surface area (Å²) in [5.74, 6) is -0.462. The topological polar surface area (TPSA) is 50.2 Å². The number of aromatic nitrogens is 1. The number of carboxylic acids is 1. The molecular weight excluding hydrogens is 270 g/mol. The van der Waals surface area contributed by atoms with E-state index in [1.165, 1.54) is 22.5 Å². The molecule has 0 unspecified atom stereocenters. The van der Waals surface area contributed by atoms with Crippen LogP contribution in [0.2, 0.25) is 0 Å². The zero-order chi connectivity index (χ0) is 14.7. The van der Waals surface area contributed by atoms with Gasteiger partial charge in [0.05, 0.1) is 10.7 Å². The molecule has 0 saturated carbocycles. The molecule has 3 nitrogen and oxygen atoms in total. The molecule has 0 fully saturated rings. The molecule has 0 bridgehead atoms. The summed E-state index contributed by atoms with van der Waals surface area (Å²) in [5, 5.41) is 10.2. The maximum Gasteiger partial charge on any atom is 0.347 e. The molecule has 106 valence electrons. The zero-order valence-corrected chi connectivity index (χ0v) is 12.8. The second-order valence-electron chi connectivity index (χ2n) is 5.39. The van der Waals surface area contributed by atoms with Gasteiger partial charge in [0.25, 0.3) is 0 Å². The van der Waals surface area contributed by atoms with Crippen LogP contribution in [0.3, 0.4) is 0 Å². The smallest absolute Gasteiger partial charge is 0.347 e. The molecule has 1 aromatic heterocycles. The first-order valence-corrected chi connectivity index (χ1v) is 7.55. The number of aromatic carboxylic acids is 1. The first-order chi connectivity index (χ1) is 9.47. The lowest BCUT2D eigenvalue weighted by Crippen LogP contribution is -2.02. The van der Waals surface area contributed by atoms with Crippen LogP contribution < -0.4 is 0 Å². The second kappa shape index (κ2) is 6.18. The van der Waals surface area contributed by atoms with Crippen molar-refractivity contribution in [2.75, 3.05) is 0 Å². The van der Waals surface area contributed by atoms with Crippen molar-refractivity contribution >= 4 is 17.3 Å². The van der Waals surface area contributed by atoms with Crippen molar-refractivity contribution in [3.8, 4) is 0 Å². The standard InChI is InChI=1S/C16H19NO2S/c1-10(2)8-13-15(16(18)19)20-14(17-13)9-12-7-5-4-6-11(12)3/h4-7,10H,8-9H2,1-3H3,(H,18,19). The molecule has 0 amide bonds. The average Bonchev–Trinajstić information content (AvgIpc) is 2.74. The van der Waals surface area contributed by atoms with Gasteiger partial charge < -0.3 is 5.11 Å². The summed E-state index contributed by atoms with van der Waals surface area (Å²) in [6.45, 7) is 6.22. The van der Waals surface area contributed by atoms with Crippen molar-refractivity contribution in [3.63, 3.8) is 0 Å². The van der Waals surface area contributed by atoms with Crippen LogP contribution >= 0.6 is 11.3 Å². The molecule has 1 heterocycles. The van der Waals surface area contributed by atoms with E-state index in [4.69, 9.17) is 0 Å². The van der Waals surface area contributed by atoms with Gasteiger partial charge in [0, 0.05) is 6.42 Å². The minimum Gasteiger partial charge on any atom is -0.477 e. The van der Waals surface area contributed by atoms with Crippen LogP contribution in [0.5, 0.6) is 0 Å². The summed E-state index contributed by atoms with van der Waals surface area (Å²) in [6.07, 6.45) is 1.42. The third-order valence-electron chi connectivity index (χ3n) is 3.14. The molecule has 0 aliphatic carbocycles. The Morgan fingerprint density at radius 2 is 2.05 bits per heavy atom.